The molecule has 7 nitrogen and oxygen atoms in total. The Balaban J connectivity index is 2.06. The summed E-state index contributed by atoms with van der Waals surface area (Å²) in [4.78, 5) is 29.1. The topological polar surface area (TPSA) is 86.8 Å². The summed E-state index contributed by atoms with van der Waals surface area (Å²) in [7, 11) is -4.00. The van der Waals surface area contributed by atoms with Gasteiger partial charge in [0.05, 0.1) is 27.0 Å². The summed E-state index contributed by atoms with van der Waals surface area (Å²) in [5.41, 5.74) is 1.64. The normalized spacial score (nSPS) is 12.2. The van der Waals surface area contributed by atoms with Crippen LogP contribution in [0.2, 0.25) is 15.1 Å². The van der Waals surface area contributed by atoms with Crippen molar-refractivity contribution in [3.05, 3.63) is 99.0 Å². The van der Waals surface area contributed by atoms with Crippen molar-refractivity contribution in [2.45, 2.75) is 32.9 Å². The SMILES string of the molecule is CC(C)CNC(=O)[C@@H](Cc1ccccc1)N(Cc1ccccc1)C(=O)CN(c1cc(Cl)c(Cl)cc1Cl)S(C)(=O)=O. The largest absolute Gasteiger partial charge is 0.354 e. The number of anilines is 1. The van der Waals surface area contributed by atoms with E-state index < -0.39 is 28.5 Å². The molecule has 0 aromatic heterocycles. The van der Waals surface area contributed by atoms with Crippen LogP contribution in [-0.4, -0.2) is 50.5 Å². The van der Waals surface area contributed by atoms with Crippen molar-refractivity contribution in [2.24, 2.45) is 5.92 Å². The standard InChI is InChI=1S/C29H32Cl3N3O4S/c1-20(2)17-33-29(37)27(14-21-10-6-4-7-11-21)34(18-22-12-8-5-9-13-22)28(36)19-35(40(3,38)39)26-16-24(31)23(30)15-25(26)32/h4-13,15-16,20,27H,14,17-19H2,1-3H3,(H,33,37)/t27-/m1/s1. The number of sulfonamides is 1. The number of rotatable bonds is 12. The van der Waals surface area contributed by atoms with E-state index in [0.29, 0.717) is 6.54 Å². The molecule has 0 bridgehead atoms. The molecule has 3 rings (SSSR count). The lowest BCUT2D eigenvalue weighted by molar-refractivity contribution is -0.140. The molecule has 0 spiro atoms. The van der Waals surface area contributed by atoms with Gasteiger partial charge in [0.25, 0.3) is 0 Å². The van der Waals surface area contributed by atoms with E-state index in [0.717, 1.165) is 21.7 Å². The summed E-state index contributed by atoms with van der Waals surface area (Å²) < 4.78 is 26.7. The van der Waals surface area contributed by atoms with Gasteiger partial charge < -0.3 is 10.2 Å². The summed E-state index contributed by atoms with van der Waals surface area (Å²) >= 11 is 18.6. The molecule has 0 radical (unpaired) electrons. The molecule has 3 aromatic rings. The highest BCUT2D eigenvalue weighted by atomic mass is 35.5. The second-order valence-electron chi connectivity index (χ2n) is 9.84. The molecule has 0 fully saturated rings. The monoisotopic (exact) mass is 623 g/mol. The van der Waals surface area contributed by atoms with E-state index in [9.17, 15) is 18.0 Å². The van der Waals surface area contributed by atoms with Crippen LogP contribution in [0.5, 0.6) is 0 Å². The van der Waals surface area contributed by atoms with E-state index >= 15 is 0 Å². The first-order chi connectivity index (χ1) is 18.9. The minimum atomic E-state index is -4.00. The number of nitrogens with zero attached hydrogens (tertiary/aromatic N) is 2. The summed E-state index contributed by atoms with van der Waals surface area (Å²) in [5.74, 6) is -0.727. The molecule has 0 aliphatic carbocycles. The zero-order valence-electron chi connectivity index (χ0n) is 22.5. The Morgan fingerprint density at radius 2 is 1.40 bits per heavy atom. The highest BCUT2D eigenvalue weighted by molar-refractivity contribution is 7.92. The molecule has 0 aliphatic heterocycles. The van der Waals surface area contributed by atoms with Gasteiger partial charge in [0.2, 0.25) is 21.8 Å². The molecular weight excluding hydrogens is 593 g/mol. The van der Waals surface area contributed by atoms with Gasteiger partial charge in [0, 0.05) is 19.5 Å². The second kappa shape index (κ2) is 14.2. The van der Waals surface area contributed by atoms with Crippen LogP contribution in [0.1, 0.15) is 25.0 Å². The van der Waals surface area contributed by atoms with Crippen LogP contribution in [0.3, 0.4) is 0 Å². The molecule has 2 amide bonds. The molecule has 1 N–H and O–H groups in total. The summed E-state index contributed by atoms with van der Waals surface area (Å²) in [5, 5.41) is 3.18. The number of hydrogen-bond donors (Lipinski definition) is 1. The van der Waals surface area contributed by atoms with Crippen LogP contribution in [0.15, 0.2) is 72.8 Å². The molecule has 0 saturated heterocycles. The third kappa shape index (κ3) is 8.86. The second-order valence-corrected chi connectivity index (χ2v) is 13.0. The summed E-state index contributed by atoms with van der Waals surface area (Å²) in [6.45, 7) is 3.85. The maximum atomic E-state index is 14.1. The van der Waals surface area contributed by atoms with Crippen LogP contribution in [-0.2, 0) is 32.6 Å². The van der Waals surface area contributed by atoms with Gasteiger partial charge in [-0.2, -0.15) is 0 Å². The third-order valence-corrected chi connectivity index (χ3v) is 8.24. The van der Waals surface area contributed by atoms with Gasteiger partial charge in [-0.3, -0.25) is 13.9 Å². The predicted octanol–water partition coefficient (Wildman–Crippen LogP) is 5.83. The number of carbonyl (C=O) groups is 2. The Hall–Kier alpha value is -2.78. The van der Waals surface area contributed by atoms with E-state index in [-0.39, 0.29) is 45.5 Å². The number of halogens is 3. The fourth-order valence-corrected chi connectivity index (χ4v) is 5.60. The van der Waals surface area contributed by atoms with Gasteiger partial charge in [0.15, 0.2) is 0 Å². The van der Waals surface area contributed by atoms with Crippen molar-refractivity contribution in [1.29, 1.82) is 0 Å². The van der Waals surface area contributed by atoms with Crippen molar-refractivity contribution in [3.63, 3.8) is 0 Å². The van der Waals surface area contributed by atoms with Crippen LogP contribution in [0, 0.1) is 5.92 Å². The molecule has 0 saturated carbocycles. The molecule has 0 unspecified atom stereocenters. The van der Waals surface area contributed by atoms with E-state index in [1.807, 2.05) is 74.5 Å². The molecule has 1 atom stereocenters. The smallest absolute Gasteiger partial charge is 0.244 e. The number of hydrogen-bond acceptors (Lipinski definition) is 4. The Morgan fingerprint density at radius 1 is 0.850 bits per heavy atom. The van der Waals surface area contributed by atoms with Crippen molar-refractivity contribution in [1.82, 2.24) is 10.2 Å². The minimum absolute atomic E-state index is 0.00967. The fraction of sp³-hybridized carbons (Fsp3) is 0.310. The first-order valence-electron chi connectivity index (χ1n) is 12.6. The van der Waals surface area contributed by atoms with Crippen LogP contribution in [0.25, 0.3) is 0 Å². The molecule has 11 heteroatoms. The zero-order valence-corrected chi connectivity index (χ0v) is 25.6. The van der Waals surface area contributed by atoms with Crippen molar-refractivity contribution in [3.8, 4) is 0 Å². The van der Waals surface area contributed by atoms with E-state index in [1.54, 1.807) is 0 Å². The van der Waals surface area contributed by atoms with Gasteiger partial charge in [-0.05, 0) is 29.2 Å². The molecule has 3 aromatic carbocycles. The highest BCUT2D eigenvalue weighted by Gasteiger charge is 2.33. The van der Waals surface area contributed by atoms with Crippen LogP contribution in [0.4, 0.5) is 5.69 Å². The zero-order chi connectivity index (χ0) is 29.4. The molecule has 0 heterocycles. The Kier molecular flexibility index (Phi) is 11.3. The minimum Gasteiger partial charge on any atom is -0.354 e. The lowest BCUT2D eigenvalue weighted by Crippen LogP contribution is -2.53. The van der Waals surface area contributed by atoms with Crippen LogP contribution >= 0.6 is 34.8 Å². The van der Waals surface area contributed by atoms with E-state index in [1.165, 1.54) is 17.0 Å². The number of nitrogens with one attached hydrogen (secondary N) is 1. The average Bonchev–Trinajstić information content (AvgIpc) is 2.90. The Labute approximate surface area is 251 Å². The lowest BCUT2D eigenvalue weighted by atomic mass is 10.0. The van der Waals surface area contributed by atoms with Gasteiger partial charge in [-0.1, -0.05) is 109 Å². The number of amides is 2. The first-order valence-corrected chi connectivity index (χ1v) is 15.6. The van der Waals surface area contributed by atoms with Gasteiger partial charge >= 0.3 is 0 Å². The maximum Gasteiger partial charge on any atom is 0.244 e. The van der Waals surface area contributed by atoms with Gasteiger partial charge in [-0.15, -0.1) is 0 Å². The van der Waals surface area contributed by atoms with E-state index in [2.05, 4.69) is 5.32 Å². The van der Waals surface area contributed by atoms with Gasteiger partial charge in [-0.25, -0.2) is 8.42 Å². The van der Waals surface area contributed by atoms with Crippen molar-refractivity contribution < 1.29 is 18.0 Å². The number of benzene rings is 3. The lowest BCUT2D eigenvalue weighted by Gasteiger charge is -2.34. The Bertz CT molecular complexity index is 1420. The quantitative estimate of drug-likeness (QED) is 0.257. The Morgan fingerprint density at radius 3 is 1.95 bits per heavy atom. The highest BCUT2D eigenvalue weighted by Crippen LogP contribution is 2.35. The molecule has 40 heavy (non-hydrogen) atoms. The fourth-order valence-electron chi connectivity index (χ4n) is 4.05. The molecule has 214 valence electrons. The number of carbonyl (C=O) groups excluding carboxylic acids is 2. The van der Waals surface area contributed by atoms with E-state index in [4.69, 9.17) is 34.8 Å². The first kappa shape index (κ1) is 31.7. The van der Waals surface area contributed by atoms with Crippen molar-refractivity contribution in [2.75, 3.05) is 23.7 Å². The third-order valence-electron chi connectivity index (χ3n) is 6.09. The summed E-state index contributed by atoms with van der Waals surface area (Å²) in [6.07, 6.45) is 1.20. The van der Waals surface area contributed by atoms with Crippen molar-refractivity contribution >= 4 is 62.3 Å². The summed E-state index contributed by atoms with van der Waals surface area (Å²) in [6, 6.07) is 20.3. The molecule has 0 aliphatic rings. The van der Waals surface area contributed by atoms with Gasteiger partial charge in [0.1, 0.15) is 12.6 Å². The average molecular weight is 625 g/mol. The predicted molar refractivity (Wildman–Crippen MR) is 162 cm³/mol. The maximum absolute atomic E-state index is 14.1. The van der Waals surface area contributed by atoms with Crippen LogP contribution < -0.4 is 9.62 Å². The molecular formula is C29H32Cl3N3O4S.